The van der Waals surface area contributed by atoms with Crippen molar-refractivity contribution in [3.63, 3.8) is 0 Å². The zero-order valence-electron chi connectivity index (χ0n) is 10.1. The second-order valence-corrected chi connectivity index (χ2v) is 4.03. The van der Waals surface area contributed by atoms with Gasteiger partial charge in [0.05, 0.1) is 5.69 Å². The van der Waals surface area contributed by atoms with Gasteiger partial charge in [0.1, 0.15) is 12.4 Å². The molecule has 3 nitrogen and oxygen atoms in total. The van der Waals surface area contributed by atoms with E-state index >= 15 is 0 Å². The number of rotatable bonds is 3. The van der Waals surface area contributed by atoms with Crippen LogP contribution in [0.15, 0.2) is 36.5 Å². The number of hydrogen-bond donors (Lipinski definition) is 1. The molecule has 88 valence electrons. The van der Waals surface area contributed by atoms with Gasteiger partial charge in [-0.1, -0.05) is 18.2 Å². The fourth-order valence-corrected chi connectivity index (χ4v) is 1.61. The van der Waals surface area contributed by atoms with Crippen molar-refractivity contribution < 1.29 is 4.74 Å². The van der Waals surface area contributed by atoms with Gasteiger partial charge in [-0.3, -0.25) is 4.98 Å². The van der Waals surface area contributed by atoms with Crippen molar-refractivity contribution in [2.45, 2.75) is 20.5 Å². The summed E-state index contributed by atoms with van der Waals surface area (Å²) >= 11 is 0. The molecule has 0 bridgehead atoms. The summed E-state index contributed by atoms with van der Waals surface area (Å²) in [6, 6.07) is 9.69. The topological polar surface area (TPSA) is 48.1 Å². The van der Waals surface area contributed by atoms with E-state index in [9.17, 15) is 0 Å². The van der Waals surface area contributed by atoms with Crippen LogP contribution in [0.2, 0.25) is 0 Å². The summed E-state index contributed by atoms with van der Waals surface area (Å²) in [5.74, 6) is 0.841. The van der Waals surface area contributed by atoms with Crippen LogP contribution in [0.25, 0.3) is 0 Å². The summed E-state index contributed by atoms with van der Waals surface area (Å²) in [4.78, 5) is 4.35. The molecule has 1 aromatic heterocycles. The normalized spacial score (nSPS) is 10.2. The molecule has 1 aromatic carbocycles. The third kappa shape index (κ3) is 2.56. The number of nitrogens with zero attached hydrogens (tertiary/aromatic N) is 1. The molecule has 2 rings (SSSR count). The molecule has 0 aliphatic heterocycles. The maximum absolute atomic E-state index is 5.96. The Bertz CT molecular complexity index is 509. The van der Waals surface area contributed by atoms with Gasteiger partial charge in [0.15, 0.2) is 0 Å². The predicted octanol–water partition coefficient (Wildman–Crippen LogP) is 2.86. The van der Waals surface area contributed by atoms with Crippen molar-refractivity contribution in [1.29, 1.82) is 0 Å². The number of aryl methyl sites for hydroxylation is 1. The van der Waals surface area contributed by atoms with E-state index in [-0.39, 0.29) is 0 Å². The summed E-state index contributed by atoms with van der Waals surface area (Å²) in [5.41, 5.74) is 9.65. The van der Waals surface area contributed by atoms with E-state index in [1.54, 1.807) is 6.20 Å². The molecule has 3 heteroatoms. The quantitative estimate of drug-likeness (QED) is 0.878. The highest BCUT2D eigenvalue weighted by atomic mass is 16.5. The smallest absolute Gasteiger partial charge is 0.131 e. The highest BCUT2D eigenvalue weighted by molar-refractivity contribution is 5.53. The summed E-state index contributed by atoms with van der Waals surface area (Å²) in [5, 5.41) is 0. The zero-order chi connectivity index (χ0) is 12.3. The standard InChI is InChI=1S/C14H16N2O/c1-10-8-16-13(11(2)14(10)15)9-17-12-6-4-3-5-7-12/h3-8H,9H2,1-2H3,(H2,15,16). The molecular formula is C14H16N2O. The molecule has 0 radical (unpaired) electrons. The minimum absolute atomic E-state index is 0.445. The number of nitrogens with two attached hydrogens (primary N) is 1. The Morgan fingerprint density at radius 3 is 2.59 bits per heavy atom. The molecule has 2 aromatic rings. The molecule has 1 heterocycles. The van der Waals surface area contributed by atoms with Crippen LogP contribution in [0.3, 0.4) is 0 Å². The van der Waals surface area contributed by atoms with E-state index in [0.717, 1.165) is 28.3 Å². The molecule has 0 atom stereocenters. The number of anilines is 1. The van der Waals surface area contributed by atoms with Crippen LogP contribution in [0.1, 0.15) is 16.8 Å². The summed E-state index contributed by atoms with van der Waals surface area (Å²) in [7, 11) is 0. The lowest BCUT2D eigenvalue weighted by molar-refractivity contribution is 0.300. The number of benzene rings is 1. The Hall–Kier alpha value is -2.03. The van der Waals surface area contributed by atoms with Crippen molar-refractivity contribution in [2.24, 2.45) is 0 Å². The van der Waals surface area contributed by atoms with Crippen molar-refractivity contribution in [3.05, 3.63) is 53.3 Å². The van der Waals surface area contributed by atoms with Gasteiger partial charge in [0.25, 0.3) is 0 Å². The van der Waals surface area contributed by atoms with Gasteiger partial charge in [-0.15, -0.1) is 0 Å². The highest BCUT2D eigenvalue weighted by Gasteiger charge is 2.06. The minimum Gasteiger partial charge on any atom is -0.487 e. The first-order chi connectivity index (χ1) is 8.18. The van der Waals surface area contributed by atoms with E-state index in [4.69, 9.17) is 10.5 Å². The van der Waals surface area contributed by atoms with Gasteiger partial charge in [-0.25, -0.2) is 0 Å². The molecule has 0 spiro atoms. The number of hydrogen-bond acceptors (Lipinski definition) is 3. The van der Waals surface area contributed by atoms with Gasteiger partial charge in [-0.2, -0.15) is 0 Å². The fourth-order valence-electron chi connectivity index (χ4n) is 1.61. The first-order valence-corrected chi connectivity index (χ1v) is 5.57. The first-order valence-electron chi connectivity index (χ1n) is 5.57. The zero-order valence-corrected chi connectivity index (χ0v) is 10.1. The van der Waals surface area contributed by atoms with Crippen LogP contribution in [-0.4, -0.2) is 4.98 Å². The predicted molar refractivity (Wildman–Crippen MR) is 68.9 cm³/mol. The van der Waals surface area contributed by atoms with Gasteiger partial charge >= 0.3 is 0 Å². The summed E-state index contributed by atoms with van der Waals surface area (Å²) in [6.07, 6.45) is 1.78. The Kier molecular flexibility index (Phi) is 3.28. The van der Waals surface area contributed by atoms with Gasteiger partial charge < -0.3 is 10.5 Å². The molecular weight excluding hydrogens is 212 g/mol. The molecule has 0 amide bonds. The van der Waals surface area contributed by atoms with E-state index in [2.05, 4.69) is 4.98 Å². The molecule has 0 fully saturated rings. The molecule has 2 N–H and O–H groups in total. The third-order valence-corrected chi connectivity index (χ3v) is 2.79. The van der Waals surface area contributed by atoms with E-state index < -0.39 is 0 Å². The summed E-state index contributed by atoms with van der Waals surface area (Å²) in [6.45, 7) is 4.37. The van der Waals surface area contributed by atoms with Crippen LogP contribution in [-0.2, 0) is 6.61 Å². The maximum atomic E-state index is 5.96. The van der Waals surface area contributed by atoms with Crippen molar-refractivity contribution in [3.8, 4) is 5.75 Å². The van der Waals surface area contributed by atoms with Gasteiger partial charge in [-0.05, 0) is 37.1 Å². The van der Waals surface area contributed by atoms with Gasteiger partial charge in [0, 0.05) is 11.9 Å². The second kappa shape index (κ2) is 4.87. The molecule has 0 saturated carbocycles. The van der Waals surface area contributed by atoms with Crippen LogP contribution in [0, 0.1) is 13.8 Å². The number of pyridine rings is 1. The van der Waals surface area contributed by atoms with E-state index in [1.807, 2.05) is 44.2 Å². The Morgan fingerprint density at radius 1 is 1.18 bits per heavy atom. The number of para-hydroxylation sites is 1. The SMILES string of the molecule is Cc1cnc(COc2ccccc2)c(C)c1N. The lowest BCUT2D eigenvalue weighted by Gasteiger charge is -2.11. The van der Waals surface area contributed by atoms with Crippen LogP contribution in [0.4, 0.5) is 5.69 Å². The Balaban J connectivity index is 2.13. The molecule has 0 unspecified atom stereocenters. The fraction of sp³-hybridized carbons (Fsp3) is 0.214. The molecule has 0 aliphatic rings. The van der Waals surface area contributed by atoms with Crippen molar-refractivity contribution in [2.75, 3.05) is 5.73 Å². The largest absolute Gasteiger partial charge is 0.487 e. The monoisotopic (exact) mass is 228 g/mol. The lowest BCUT2D eigenvalue weighted by atomic mass is 10.1. The molecule has 17 heavy (non-hydrogen) atoms. The Labute approximate surface area is 101 Å². The van der Waals surface area contributed by atoms with Crippen molar-refractivity contribution in [1.82, 2.24) is 4.98 Å². The van der Waals surface area contributed by atoms with Crippen molar-refractivity contribution >= 4 is 5.69 Å². The van der Waals surface area contributed by atoms with E-state index in [1.165, 1.54) is 0 Å². The summed E-state index contributed by atoms with van der Waals surface area (Å²) < 4.78 is 5.65. The van der Waals surface area contributed by atoms with Crippen LogP contribution >= 0.6 is 0 Å². The third-order valence-electron chi connectivity index (χ3n) is 2.79. The first kappa shape index (κ1) is 11.5. The van der Waals surface area contributed by atoms with E-state index in [0.29, 0.717) is 6.61 Å². The molecule has 0 aliphatic carbocycles. The lowest BCUT2D eigenvalue weighted by Crippen LogP contribution is -2.05. The van der Waals surface area contributed by atoms with Gasteiger partial charge in [0.2, 0.25) is 0 Å². The van der Waals surface area contributed by atoms with Crippen LogP contribution < -0.4 is 10.5 Å². The second-order valence-electron chi connectivity index (χ2n) is 4.03. The minimum atomic E-state index is 0.445. The Morgan fingerprint density at radius 2 is 1.88 bits per heavy atom. The molecule has 0 saturated heterocycles. The number of ether oxygens (including phenoxy) is 1. The average molecular weight is 228 g/mol. The van der Waals surface area contributed by atoms with Crippen LogP contribution in [0.5, 0.6) is 5.75 Å². The maximum Gasteiger partial charge on any atom is 0.131 e. The number of nitrogen functional groups attached to an aromatic ring is 1. The highest BCUT2D eigenvalue weighted by Crippen LogP contribution is 2.19. The number of aromatic nitrogens is 1. The average Bonchev–Trinajstić information content (AvgIpc) is 2.36.